The number of nitrogens with zero attached hydrogens (tertiary/aromatic N) is 2. The Bertz CT molecular complexity index is 620. The zero-order chi connectivity index (χ0) is 15.6. The van der Waals surface area contributed by atoms with E-state index in [1.807, 2.05) is 0 Å². The van der Waals surface area contributed by atoms with Crippen LogP contribution >= 0.6 is 11.5 Å². The van der Waals surface area contributed by atoms with E-state index in [1.165, 1.54) is 17.6 Å². The number of hydrogen-bond acceptors (Lipinski definition) is 4. The number of nitrogens with one attached hydrogen (secondary N) is 1. The monoisotopic (exact) mass is 311 g/mol. The van der Waals surface area contributed by atoms with E-state index < -0.39 is 11.6 Å². The Balaban J connectivity index is 2.33. The first kappa shape index (κ1) is 16.0. The third-order valence-electron chi connectivity index (χ3n) is 3.32. The maximum atomic E-state index is 13.8. The van der Waals surface area contributed by atoms with Gasteiger partial charge in [-0.15, -0.1) is 5.10 Å². The second kappa shape index (κ2) is 6.15. The van der Waals surface area contributed by atoms with Gasteiger partial charge in [0.05, 0.1) is 10.6 Å². The first-order valence-electron chi connectivity index (χ1n) is 6.77. The van der Waals surface area contributed by atoms with E-state index in [2.05, 4.69) is 35.7 Å². The molecule has 0 saturated carbocycles. The van der Waals surface area contributed by atoms with Crippen molar-refractivity contribution in [2.24, 2.45) is 0 Å². The van der Waals surface area contributed by atoms with Gasteiger partial charge in [0.2, 0.25) is 0 Å². The molecule has 21 heavy (non-hydrogen) atoms. The molecule has 1 aromatic carbocycles. The first-order chi connectivity index (χ1) is 9.82. The zero-order valence-corrected chi connectivity index (χ0v) is 13.4. The van der Waals surface area contributed by atoms with E-state index in [1.54, 1.807) is 7.05 Å². The van der Waals surface area contributed by atoms with E-state index in [0.717, 1.165) is 22.7 Å². The molecule has 0 fully saturated rings. The van der Waals surface area contributed by atoms with Crippen LogP contribution in [-0.2, 0) is 11.8 Å². The lowest BCUT2D eigenvalue weighted by molar-refractivity contribution is 0.518. The minimum atomic E-state index is -0.431. The van der Waals surface area contributed by atoms with Gasteiger partial charge in [-0.25, -0.2) is 8.78 Å². The summed E-state index contributed by atoms with van der Waals surface area (Å²) in [7, 11) is 1.80. The van der Waals surface area contributed by atoms with Gasteiger partial charge in [-0.3, -0.25) is 0 Å². The Morgan fingerprint density at radius 1 is 1.29 bits per heavy atom. The molecule has 1 unspecified atom stereocenters. The van der Waals surface area contributed by atoms with Crippen molar-refractivity contribution in [1.29, 1.82) is 0 Å². The van der Waals surface area contributed by atoms with Crippen LogP contribution in [0.5, 0.6) is 0 Å². The summed E-state index contributed by atoms with van der Waals surface area (Å²) in [6, 6.07) is 3.38. The summed E-state index contributed by atoms with van der Waals surface area (Å²) in [5.74, 6) is -0.828. The molecule has 0 radical (unpaired) electrons. The van der Waals surface area contributed by atoms with Crippen molar-refractivity contribution in [2.75, 3.05) is 7.05 Å². The van der Waals surface area contributed by atoms with E-state index in [9.17, 15) is 8.78 Å². The van der Waals surface area contributed by atoms with Gasteiger partial charge in [0.1, 0.15) is 11.6 Å². The van der Waals surface area contributed by atoms with Gasteiger partial charge in [-0.05, 0) is 48.8 Å². The summed E-state index contributed by atoms with van der Waals surface area (Å²) in [6.07, 6.45) is 0.354. The SMILES string of the molecule is CNC(Cc1cc(F)ccc1F)c1snnc1C(C)(C)C. The maximum absolute atomic E-state index is 13.8. The molecule has 6 heteroatoms. The Hall–Kier alpha value is -1.40. The van der Waals surface area contributed by atoms with E-state index in [-0.39, 0.29) is 11.5 Å². The highest BCUT2D eigenvalue weighted by atomic mass is 32.1. The van der Waals surface area contributed by atoms with Crippen LogP contribution in [0.3, 0.4) is 0 Å². The van der Waals surface area contributed by atoms with E-state index in [4.69, 9.17) is 0 Å². The summed E-state index contributed by atoms with van der Waals surface area (Å²) in [5.41, 5.74) is 1.10. The fourth-order valence-corrected chi connectivity index (χ4v) is 3.16. The van der Waals surface area contributed by atoms with Crippen molar-refractivity contribution in [2.45, 2.75) is 38.6 Å². The summed E-state index contributed by atoms with van der Waals surface area (Å²) < 4.78 is 31.1. The molecule has 1 N–H and O–H groups in total. The minimum absolute atomic E-state index is 0.141. The molecule has 3 nitrogen and oxygen atoms in total. The van der Waals surface area contributed by atoms with Crippen LogP contribution in [0, 0.1) is 11.6 Å². The van der Waals surface area contributed by atoms with Crippen LogP contribution in [0.4, 0.5) is 8.78 Å². The summed E-state index contributed by atoms with van der Waals surface area (Å²) in [4.78, 5) is 0.966. The fourth-order valence-electron chi connectivity index (χ4n) is 2.19. The predicted molar refractivity (Wildman–Crippen MR) is 80.5 cm³/mol. The molecule has 0 aliphatic carbocycles. The standard InChI is InChI=1S/C15H19F2N3S/c1-15(2,3)14-13(21-20-19-14)12(18-4)8-9-7-10(16)5-6-11(9)17/h5-7,12,18H,8H2,1-4H3. The Labute approximate surface area is 127 Å². The van der Waals surface area contributed by atoms with Gasteiger partial charge in [-0.1, -0.05) is 25.3 Å². The molecule has 0 amide bonds. The lowest BCUT2D eigenvalue weighted by Gasteiger charge is -2.21. The topological polar surface area (TPSA) is 37.8 Å². The van der Waals surface area contributed by atoms with Gasteiger partial charge in [-0.2, -0.15) is 0 Å². The lowest BCUT2D eigenvalue weighted by atomic mass is 9.89. The molecule has 0 aliphatic heterocycles. The van der Waals surface area contributed by atoms with E-state index in [0.29, 0.717) is 12.0 Å². The average molecular weight is 311 g/mol. The van der Waals surface area contributed by atoms with Crippen LogP contribution in [0.1, 0.15) is 42.9 Å². The largest absolute Gasteiger partial charge is 0.312 e. The second-order valence-electron chi connectivity index (χ2n) is 6.02. The molecular formula is C15H19F2N3S. The number of likely N-dealkylation sites (N-methyl/N-ethyl adjacent to an activating group) is 1. The molecule has 1 atom stereocenters. The quantitative estimate of drug-likeness (QED) is 0.937. The number of rotatable bonds is 4. The molecule has 0 saturated heterocycles. The van der Waals surface area contributed by atoms with Gasteiger partial charge < -0.3 is 5.32 Å². The van der Waals surface area contributed by atoms with Crippen molar-refractivity contribution in [1.82, 2.24) is 14.9 Å². The molecular weight excluding hydrogens is 292 g/mol. The van der Waals surface area contributed by atoms with Crippen molar-refractivity contribution in [3.63, 3.8) is 0 Å². The third kappa shape index (κ3) is 3.63. The molecule has 1 aromatic heterocycles. The molecule has 0 bridgehead atoms. The normalized spacial score (nSPS) is 13.4. The van der Waals surface area contributed by atoms with Crippen LogP contribution < -0.4 is 5.32 Å². The van der Waals surface area contributed by atoms with Crippen molar-refractivity contribution in [3.8, 4) is 0 Å². The van der Waals surface area contributed by atoms with Crippen LogP contribution in [-0.4, -0.2) is 16.6 Å². The Kier molecular flexibility index (Phi) is 4.68. The second-order valence-corrected chi connectivity index (χ2v) is 6.80. The van der Waals surface area contributed by atoms with Crippen LogP contribution in [0.15, 0.2) is 18.2 Å². The number of halogens is 2. The Morgan fingerprint density at radius 2 is 2.00 bits per heavy atom. The summed E-state index contributed by atoms with van der Waals surface area (Å²) in [6.45, 7) is 6.17. The highest BCUT2D eigenvalue weighted by Gasteiger charge is 2.27. The van der Waals surface area contributed by atoms with Gasteiger partial charge in [0, 0.05) is 11.5 Å². The average Bonchev–Trinajstić information content (AvgIpc) is 2.89. The minimum Gasteiger partial charge on any atom is -0.312 e. The summed E-state index contributed by atoms with van der Waals surface area (Å²) >= 11 is 1.30. The molecule has 1 heterocycles. The molecule has 0 aliphatic rings. The molecule has 2 aromatic rings. The van der Waals surface area contributed by atoms with Crippen LogP contribution in [0.25, 0.3) is 0 Å². The van der Waals surface area contributed by atoms with Gasteiger partial charge >= 0.3 is 0 Å². The molecule has 2 rings (SSSR count). The Morgan fingerprint density at radius 3 is 2.62 bits per heavy atom. The summed E-state index contributed by atoms with van der Waals surface area (Å²) in [5, 5.41) is 7.35. The van der Waals surface area contributed by atoms with Crippen LogP contribution in [0.2, 0.25) is 0 Å². The van der Waals surface area contributed by atoms with Gasteiger partial charge in [0.25, 0.3) is 0 Å². The van der Waals surface area contributed by atoms with Crippen molar-refractivity contribution in [3.05, 3.63) is 46.0 Å². The molecule has 114 valence electrons. The highest BCUT2D eigenvalue weighted by molar-refractivity contribution is 7.05. The third-order valence-corrected chi connectivity index (χ3v) is 4.16. The first-order valence-corrected chi connectivity index (χ1v) is 7.54. The van der Waals surface area contributed by atoms with Crippen molar-refractivity contribution >= 4 is 11.5 Å². The zero-order valence-electron chi connectivity index (χ0n) is 12.6. The smallest absolute Gasteiger partial charge is 0.126 e. The lowest BCUT2D eigenvalue weighted by Crippen LogP contribution is -2.23. The van der Waals surface area contributed by atoms with Crippen molar-refractivity contribution < 1.29 is 8.78 Å². The maximum Gasteiger partial charge on any atom is 0.126 e. The molecule has 0 spiro atoms. The van der Waals surface area contributed by atoms with Gasteiger partial charge in [0.15, 0.2) is 0 Å². The predicted octanol–water partition coefficient (Wildman–Crippen LogP) is 3.62. The number of aromatic nitrogens is 2. The highest BCUT2D eigenvalue weighted by Crippen LogP contribution is 2.32. The number of hydrogen-bond donors (Lipinski definition) is 1. The number of benzene rings is 1. The fraction of sp³-hybridized carbons (Fsp3) is 0.467. The van der Waals surface area contributed by atoms with E-state index >= 15 is 0 Å².